The van der Waals surface area contributed by atoms with Crippen molar-refractivity contribution in [3.8, 4) is 11.5 Å². The zero-order valence-electron chi connectivity index (χ0n) is 12.4. The molecule has 0 bridgehead atoms. The molecule has 0 spiro atoms. The molecule has 0 radical (unpaired) electrons. The van der Waals surface area contributed by atoms with Crippen LogP contribution in [0.5, 0.6) is 11.5 Å². The molecule has 2 aromatic carbocycles. The highest BCUT2D eigenvalue weighted by atomic mass is 16.5. The van der Waals surface area contributed by atoms with Gasteiger partial charge in [0.05, 0.1) is 20.3 Å². The van der Waals surface area contributed by atoms with Crippen LogP contribution in [-0.2, 0) is 6.54 Å². The third-order valence-electron chi connectivity index (χ3n) is 3.32. The number of methoxy groups -OCH3 is 2. The molecule has 0 fully saturated rings. The minimum Gasteiger partial charge on any atom is -0.497 e. The molecule has 1 atom stereocenters. The van der Waals surface area contributed by atoms with Crippen molar-refractivity contribution in [3.63, 3.8) is 0 Å². The Kier molecular flexibility index (Phi) is 5.60. The van der Waals surface area contributed by atoms with Gasteiger partial charge in [-0.2, -0.15) is 0 Å². The van der Waals surface area contributed by atoms with Crippen LogP contribution in [0.2, 0.25) is 0 Å². The van der Waals surface area contributed by atoms with E-state index in [0.717, 1.165) is 22.6 Å². The van der Waals surface area contributed by atoms with Crippen LogP contribution in [0.25, 0.3) is 0 Å². The van der Waals surface area contributed by atoms with E-state index in [0.29, 0.717) is 13.1 Å². The van der Waals surface area contributed by atoms with E-state index in [4.69, 9.17) is 9.47 Å². The first kappa shape index (κ1) is 15.4. The minimum absolute atomic E-state index is 0.464. The fourth-order valence-corrected chi connectivity index (χ4v) is 2.16. The highest BCUT2D eigenvalue weighted by Crippen LogP contribution is 2.19. The van der Waals surface area contributed by atoms with Crippen LogP contribution in [0.4, 0.5) is 0 Å². The lowest BCUT2D eigenvalue weighted by atomic mass is 10.1. The van der Waals surface area contributed by atoms with Gasteiger partial charge in [0.2, 0.25) is 0 Å². The molecular formula is C17H21NO3. The number of hydrogen-bond acceptors (Lipinski definition) is 4. The van der Waals surface area contributed by atoms with Crippen molar-refractivity contribution in [2.45, 2.75) is 12.6 Å². The average molecular weight is 287 g/mol. The van der Waals surface area contributed by atoms with E-state index in [2.05, 4.69) is 5.32 Å². The SMILES string of the molecule is COc1cccc(C(O)CNCc2ccccc2OC)c1. The first-order valence-electron chi connectivity index (χ1n) is 6.89. The number of ether oxygens (including phenoxy) is 2. The Morgan fingerprint density at radius 3 is 2.62 bits per heavy atom. The fraction of sp³-hybridized carbons (Fsp3) is 0.294. The first-order chi connectivity index (χ1) is 10.2. The predicted octanol–water partition coefficient (Wildman–Crippen LogP) is 2.53. The van der Waals surface area contributed by atoms with Crippen LogP contribution in [-0.4, -0.2) is 25.9 Å². The van der Waals surface area contributed by atoms with Crippen molar-refractivity contribution >= 4 is 0 Å². The molecule has 2 aromatic rings. The van der Waals surface area contributed by atoms with Crippen LogP contribution in [0.15, 0.2) is 48.5 Å². The largest absolute Gasteiger partial charge is 0.497 e. The van der Waals surface area contributed by atoms with Gasteiger partial charge in [-0.3, -0.25) is 0 Å². The van der Waals surface area contributed by atoms with Crippen molar-refractivity contribution in [2.24, 2.45) is 0 Å². The highest BCUT2D eigenvalue weighted by Gasteiger charge is 2.08. The highest BCUT2D eigenvalue weighted by molar-refractivity contribution is 5.33. The maximum absolute atomic E-state index is 10.2. The monoisotopic (exact) mass is 287 g/mol. The molecule has 0 aliphatic carbocycles. The second-order valence-corrected chi connectivity index (χ2v) is 4.74. The number of hydrogen-bond donors (Lipinski definition) is 2. The molecule has 112 valence electrons. The van der Waals surface area contributed by atoms with Gasteiger partial charge in [-0.05, 0) is 23.8 Å². The predicted molar refractivity (Wildman–Crippen MR) is 82.7 cm³/mol. The lowest BCUT2D eigenvalue weighted by Crippen LogP contribution is -2.21. The molecule has 0 amide bonds. The number of aliphatic hydroxyl groups is 1. The quantitative estimate of drug-likeness (QED) is 0.821. The van der Waals surface area contributed by atoms with Crippen molar-refractivity contribution in [1.29, 1.82) is 0 Å². The third kappa shape index (κ3) is 4.21. The zero-order chi connectivity index (χ0) is 15.1. The zero-order valence-corrected chi connectivity index (χ0v) is 12.4. The summed E-state index contributed by atoms with van der Waals surface area (Å²) in [6.45, 7) is 1.11. The Balaban J connectivity index is 1.90. The molecule has 0 saturated heterocycles. The van der Waals surface area contributed by atoms with Crippen molar-refractivity contribution in [3.05, 3.63) is 59.7 Å². The number of nitrogens with one attached hydrogen (secondary N) is 1. The summed E-state index contributed by atoms with van der Waals surface area (Å²) >= 11 is 0. The molecule has 0 aliphatic heterocycles. The summed E-state index contributed by atoms with van der Waals surface area (Å²) in [4.78, 5) is 0. The van der Waals surface area contributed by atoms with E-state index in [1.54, 1.807) is 14.2 Å². The lowest BCUT2D eigenvalue weighted by Gasteiger charge is -2.14. The van der Waals surface area contributed by atoms with Gasteiger partial charge in [-0.25, -0.2) is 0 Å². The summed E-state index contributed by atoms with van der Waals surface area (Å²) in [5, 5.41) is 13.4. The van der Waals surface area contributed by atoms with Gasteiger partial charge in [0.1, 0.15) is 11.5 Å². The van der Waals surface area contributed by atoms with Crippen LogP contribution < -0.4 is 14.8 Å². The van der Waals surface area contributed by atoms with Crippen LogP contribution in [0.1, 0.15) is 17.2 Å². The van der Waals surface area contributed by atoms with Crippen LogP contribution >= 0.6 is 0 Å². The molecule has 21 heavy (non-hydrogen) atoms. The third-order valence-corrected chi connectivity index (χ3v) is 3.32. The molecule has 1 unspecified atom stereocenters. The molecule has 0 aromatic heterocycles. The molecule has 4 heteroatoms. The van der Waals surface area contributed by atoms with Gasteiger partial charge in [0.25, 0.3) is 0 Å². The van der Waals surface area contributed by atoms with Crippen LogP contribution in [0, 0.1) is 0 Å². The van der Waals surface area contributed by atoms with Crippen molar-refractivity contribution in [1.82, 2.24) is 5.32 Å². The number of para-hydroxylation sites is 1. The number of aliphatic hydroxyl groups excluding tert-OH is 1. The summed E-state index contributed by atoms with van der Waals surface area (Å²) < 4.78 is 10.5. The summed E-state index contributed by atoms with van der Waals surface area (Å²) in [7, 11) is 3.27. The van der Waals surface area contributed by atoms with Crippen LogP contribution in [0.3, 0.4) is 0 Å². The Morgan fingerprint density at radius 1 is 1.05 bits per heavy atom. The maximum atomic E-state index is 10.2. The Labute approximate surface area is 125 Å². The summed E-state index contributed by atoms with van der Waals surface area (Å²) in [6, 6.07) is 15.3. The summed E-state index contributed by atoms with van der Waals surface area (Å²) in [5.74, 6) is 1.59. The maximum Gasteiger partial charge on any atom is 0.123 e. The smallest absolute Gasteiger partial charge is 0.123 e. The topological polar surface area (TPSA) is 50.7 Å². The summed E-state index contributed by atoms with van der Waals surface area (Å²) in [5.41, 5.74) is 1.90. The Bertz CT molecular complexity index is 571. The summed E-state index contributed by atoms with van der Waals surface area (Å²) in [6.07, 6.45) is -0.574. The van der Waals surface area contributed by atoms with E-state index >= 15 is 0 Å². The number of rotatable bonds is 7. The first-order valence-corrected chi connectivity index (χ1v) is 6.89. The minimum atomic E-state index is -0.574. The molecule has 0 aliphatic rings. The van der Waals surface area contributed by atoms with Gasteiger partial charge in [-0.1, -0.05) is 30.3 Å². The van der Waals surface area contributed by atoms with E-state index in [-0.39, 0.29) is 0 Å². The van der Waals surface area contributed by atoms with Gasteiger partial charge < -0.3 is 19.9 Å². The fourth-order valence-electron chi connectivity index (χ4n) is 2.16. The second-order valence-electron chi connectivity index (χ2n) is 4.74. The molecule has 0 heterocycles. The van der Waals surface area contributed by atoms with Gasteiger partial charge in [0.15, 0.2) is 0 Å². The second kappa shape index (κ2) is 7.67. The van der Waals surface area contributed by atoms with E-state index in [1.807, 2.05) is 48.5 Å². The molecule has 0 saturated carbocycles. The van der Waals surface area contributed by atoms with Crippen molar-refractivity contribution in [2.75, 3.05) is 20.8 Å². The Morgan fingerprint density at radius 2 is 1.86 bits per heavy atom. The van der Waals surface area contributed by atoms with E-state index in [1.165, 1.54) is 0 Å². The van der Waals surface area contributed by atoms with E-state index in [9.17, 15) is 5.11 Å². The molecule has 4 nitrogen and oxygen atoms in total. The van der Waals surface area contributed by atoms with Gasteiger partial charge in [-0.15, -0.1) is 0 Å². The Hall–Kier alpha value is -2.04. The van der Waals surface area contributed by atoms with Gasteiger partial charge in [0, 0.05) is 18.7 Å². The average Bonchev–Trinajstić information content (AvgIpc) is 2.55. The normalized spacial score (nSPS) is 12.0. The number of benzene rings is 2. The lowest BCUT2D eigenvalue weighted by molar-refractivity contribution is 0.174. The standard InChI is InChI=1S/C17H21NO3/c1-20-15-8-5-7-13(10-15)16(19)12-18-11-14-6-3-4-9-17(14)21-2/h3-10,16,18-19H,11-12H2,1-2H3. The molecule has 2 N–H and O–H groups in total. The molecular weight excluding hydrogens is 266 g/mol. The molecule has 2 rings (SSSR count). The van der Waals surface area contributed by atoms with Crippen molar-refractivity contribution < 1.29 is 14.6 Å². The van der Waals surface area contributed by atoms with Gasteiger partial charge >= 0.3 is 0 Å². The van der Waals surface area contributed by atoms with E-state index < -0.39 is 6.10 Å².